The number of sulfonamides is 1. The van der Waals surface area contributed by atoms with E-state index in [2.05, 4.69) is 5.32 Å². The molecule has 27 heavy (non-hydrogen) atoms. The Kier molecular flexibility index (Phi) is 5.91. The van der Waals surface area contributed by atoms with Crippen molar-refractivity contribution in [3.05, 3.63) is 35.4 Å². The molecular weight excluding hydrogens is 370 g/mol. The quantitative estimate of drug-likeness (QED) is 0.713. The van der Waals surface area contributed by atoms with Crippen molar-refractivity contribution < 1.29 is 22.8 Å². The van der Waals surface area contributed by atoms with Crippen molar-refractivity contribution in [3.8, 4) is 0 Å². The first-order chi connectivity index (χ1) is 12.9. The lowest BCUT2D eigenvalue weighted by Crippen LogP contribution is -2.43. The van der Waals surface area contributed by atoms with Gasteiger partial charge in [0.15, 0.2) is 0 Å². The summed E-state index contributed by atoms with van der Waals surface area (Å²) >= 11 is 0. The predicted octanol–water partition coefficient (Wildman–Crippen LogP) is 0.605. The zero-order valence-electron chi connectivity index (χ0n) is 15.0. The maximum atomic E-state index is 12.4. The standard InChI is InChI=1S/C18H23N3O5S/c22-16(13-21-17(23)14-7-3-4-8-15(14)18(21)24)19-9-12-27(25,26)20-10-5-1-2-6-11-20/h3-4,7-8H,1-2,5-6,9-13H2,(H,19,22). The number of amides is 3. The molecule has 1 N–H and O–H groups in total. The summed E-state index contributed by atoms with van der Waals surface area (Å²) in [6.45, 7) is 0.563. The number of benzene rings is 1. The van der Waals surface area contributed by atoms with E-state index in [1.807, 2.05) is 0 Å². The number of carbonyl (C=O) groups is 3. The molecule has 1 saturated heterocycles. The molecule has 0 saturated carbocycles. The van der Waals surface area contributed by atoms with Crippen LogP contribution in [0.1, 0.15) is 46.4 Å². The van der Waals surface area contributed by atoms with Gasteiger partial charge in [0, 0.05) is 19.6 Å². The number of imide groups is 1. The Bertz CT molecular complexity index is 809. The molecule has 2 aliphatic heterocycles. The van der Waals surface area contributed by atoms with Gasteiger partial charge >= 0.3 is 0 Å². The van der Waals surface area contributed by atoms with Gasteiger partial charge in [-0.15, -0.1) is 0 Å². The molecule has 0 bridgehead atoms. The zero-order chi connectivity index (χ0) is 19.4. The molecule has 0 unspecified atom stereocenters. The second kappa shape index (κ2) is 8.18. The van der Waals surface area contributed by atoms with E-state index < -0.39 is 34.3 Å². The molecule has 2 aliphatic rings. The van der Waals surface area contributed by atoms with Crippen LogP contribution in [0.5, 0.6) is 0 Å². The maximum absolute atomic E-state index is 12.4. The third-order valence-electron chi connectivity index (χ3n) is 4.82. The molecule has 0 spiro atoms. The Labute approximate surface area is 158 Å². The van der Waals surface area contributed by atoms with Crippen molar-refractivity contribution in [1.82, 2.24) is 14.5 Å². The van der Waals surface area contributed by atoms with Gasteiger partial charge in [-0.1, -0.05) is 25.0 Å². The number of rotatable bonds is 6. The summed E-state index contributed by atoms with van der Waals surface area (Å²) in [5.41, 5.74) is 0.554. The van der Waals surface area contributed by atoms with E-state index in [1.165, 1.54) is 4.31 Å². The third-order valence-corrected chi connectivity index (χ3v) is 6.69. The van der Waals surface area contributed by atoms with Gasteiger partial charge in [-0.25, -0.2) is 12.7 Å². The van der Waals surface area contributed by atoms with Crippen molar-refractivity contribution in [2.45, 2.75) is 25.7 Å². The smallest absolute Gasteiger partial charge is 0.262 e. The number of nitrogens with one attached hydrogen (secondary N) is 1. The van der Waals surface area contributed by atoms with E-state index in [0.717, 1.165) is 30.6 Å². The largest absolute Gasteiger partial charge is 0.353 e. The number of nitrogens with zero attached hydrogens (tertiary/aromatic N) is 2. The highest BCUT2D eigenvalue weighted by Gasteiger charge is 2.36. The van der Waals surface area contributed by atoms with Gasteiger partial charge in [-0.05, 0) is 25.0 Å². The third kappa shape index (κ3) is 4.36. The van der Waals surface area contributed by atoms with Crippen molar-refractivity contribution in [2.75, 3.05) is 31.9 Å². The molecule has 9 heteroatoms. The molecule has 8 nitrogen and oxygen atoms in total. The highest BCUT2D eigenvalue weighted by Crippen LogP contribution is 2.21. The summed E-state index contributed by atoms with van der Waals surface area (Å²) < 4.78 is 26.2. The zero-order valence-corrected chi connectivity index (χ0v) is 15.8. The second-order valence-corrected chi connectivity index (χ2v) is 8.81. The Morgan fingerprint density at radius 3 is 2.07 bits per heavy atom. The van der Waals surface area contributed by atoms with E-state index >= 15 is 0 Å². The van der Waals surface area contributed by atoms with Crippen molar-refractivity contribution >= 4 is 27.7 Å². The van der Waals surface area contributed by atoms with Crippen molar-refractivity contribution in [3.63, 3.8) is 0 Å². The van der Waals surface area contributed by atoms with Crippen molar-refractivity contribution in [1.29, 1.82) is 0 Å². The first-order valence-corrected chi connectivity index (χ1v) is 10.7. The van der Waals surface area contributed by atoms with Gasteiger partial charge in [-0.2, -0.15) is 0 Å². The molecule has 1 aromatic rings. The monoisotopic (exact) mass is 393 g/mol. The Balaban J connectivity index is 1.50. The average Bonchev–Trinajstić information content (AvgIpc) is 2.85. The van der Waals surface area contributed by atoms with Crippen molar-refractivity contribution in [2.24, 2.45) is 0 Å². The molecular formula is C18H23N3O5S. The van der Waals surface area contributed by atoms with Crippen LogP contribution in [0.4, 0.5) is 0 Å². The SMILES string of the molecule is O=C(CN1C(=O)c2ccccc2C1=O)NCCS(=O)(=O)N1CCCCCC1. The van der Waals surface area contributed by atoms with Crippen LogP contribution >= 0.6 is 0 Å². The van der Waals surface area contributed by atoms with Crippen LogP contribution in [0.3, 0.4) is 0 Å². The molecule has 0 atom stereocenters. The summed E-state index contributed by atoms with van der Waals surface area (Å²) in [6.07, 6.45) is 3.77. The summed E-state index contributed by atoms with van der Waals surface area (Å²) in [5.74, 6) is -1.78. The molecule has 0 radical (unpaired) electrons. The summed E-state index contributed by atoms with van der Waals surface area (Å²) in [6, 6.07) is 6.39. The van der Waals surface area contributed by atoms with Crippen LogP contribution < -0.4 is 5.32 Å². The van der Waals surface area contributed by atoms with Gasteiger partial charge in [0.25, 0.3) is 11.8 Å². The number of hydrogen-bond donors (Lipinski definition) is 1. The minimum atomic E-state index is -3.42. The summed E-state index contributed by atoms with van der Waals surface area (Å²) in [4.78, 5) is 37.4. The number of fused-ring (bicyclic) bond motifs is 1. The fourth-order valence-corrected chi connectivity index (χ4v) is 4.78. The van der Waals surface area contributed by atoms with Crippen LogP contribution in [-0.2, 0) is 14.8 Å². The lowest BCUT2D eigenvalue weighted by molar-refractivity contribution is -0.121. The first-order valence-electron chi connectivity index (χ1n) is 9.10. The van der Waals surface area contributed by atoms with Gasteiger partial charge in [-0.3, -0.25) is 19.3 Å². The van der Waals surface area contributed by atoms with Gasteiger partial charge < -0.3 is 5.32 Å². The fourth-order valence-electron chi connectivity index (χ4n) is 3.35. The van der Waals surface area contributed by atoms with Crippen LogP contribution in [-0.4, -0.2) is 67.3 Å². The summed E-state index contributed by atoms with van der Waals surface area (Å²) in [7, 11) is -3.42. The molecule has 0 aliphatic carbocycles. The molecule has 2 heterocycles. The van der Waals surface area contributed by atoms with E-state index in [-0.39, 0.29) is 23.4 Å². The fraction of sp³-hybridized carbons (Fsp3) is 0.500. The molecule has 3 rings (SSSR count). The lowest BCUT2D eigenvalue weighted by atomic mass is 10.1. The van der Waals surface area contributed by atoms with E-state index in [0.29, 0.717) is 13.1 Å². The highest BCUT2D eigenvalue weighted by molar-refractivity contribution is 7.89. The average molecular weight is 393 g/mol. The Morgan fingerprint density at radius 1 is 0.963 bits per heavy atom. The van der Waals surface area contributed by atoms with Crippen LogP contribution in [0.15, 0.2) is 24.3 Å². The molecule has 0 aromatic heterocycles. The van der Waals surface area contributed by atoms with Gasteiger partial charge in [0.1, 0.15) is 6.54 Å². The first kappa shape index (κ1) is 19.5. The lowest BCUT2D eigenvalue weighted by Gasteiger charge is -2.20. The topological polar surface area (TPSA) is 104 Å². The predicted molar refractivity (Wildman–Crippen MR) is 98.6 cm³/mol. The molecule has 1 aromatic carbocycles. The molecule has 3 amide bonds. The maximum Gasteiger partial charge on any atom is 0.262 e. The van der Waals surface area contributed by atoms with Crippen LogP contribution in [0.2, 0.25) is 0 Å². The van der Waals surface area contributed by atoms with Crippen LogP contribution in [0, 0.1) is 0 Å². The highest BCUT2D eigenvalue weighted by atomic mass is 32.2. The number of carbonyl (C=O) groups excluding carboxylic acids is 3. The van der Waals surface area contributed by atoms with Gasteiger partial charge in [0.2, 0.25) is 15.9 Å². The Morgan fingerprint density at radius 2 is 1.52 bits per heavy atom. The summed E-state index contributed by atoms with van der Waals surface area (Å²) in [5, 5.41) is 2.50. The van der Waals surface area contributed by atoms with Crippen LogP contribution in [0.25, 0.3) is 0 Å². The van der Waals surface area contributed by atoms with E-state index in [1.54, 1.807) is 24.3 Å². The Hall–Kier alpha value is -2.26. The van der Waals surface area contributed by atoms with E-state index in [4.69, 9.17) is 0 Å². The molecule has 146 valence electrons. The molecule has 1 fully saturated rings. The minimum Gasteiger partial charge on any atom is -0.353 e. The van der Waals surface area contributed by atoms with Gasteiger partial charge in [0.05, 0.1) is 16.9 Å². The minimum absolute atomic E-state index is 0.0547. The number of hydrogen-bond acceptors (Lipinski definition) is 5. The van der Waals surface area contributed by atoms with E-state index in [9.17, 15) is 22.8 Å². The second-order valence-electron chi connectivity index (χ2n) is 6.72. The normalized spacial score (nSPS) is 18.3.